The van der Waals surface area contributed by atoms with Crippen molar-refractivity contribution in [1.82, 2.24) is 0 Å². The van der Waals surface area contributed by atoms with E-state index in [2.05, 4.69) is 27.7 Å². The van der Waals surface area contributed by atoms with Crippen molar-refractivity contribution < 1.29 is 5.11 Å². The van der Waals surface area contributed by atoms with Gasteiger partial charge in [0.2, 0.25) is 0 Å². The van der Waals surface area contributed by atoms with Gasteiger partial charge >= 0.3 is 0 Å². The van der Waals surface area contributed by atoms with E-state index in [1.807, 2.05) is 11.8 Å². The zero-order chi connectivity index (χ0) is 11.7. The minimum atomic E-state index is -0.0971. The maximum absolute atomic E-state index is 9.64. The normalized spacial score (nSPS) is 13.8. The number of unbranched alkanes of at least 4 members (excludes halogenated alkanes) is 1. The molecular formula is C13H28OS. The molecule has 15 heavy (non-hydrogen) atoms. The van der Waals surface area contributed by atoms with Crippen LogP contribution in [-0.4, -0.2) is 22.7 Å². The summed E-state index contributed by atoms with van der Waals surface area (Å²) in [5, 5.41) is 9.64. The van der Waals surface area contributed by atoms with Crippen LogP contribution < -0.4 is 0 Å². The van der Waals surface area contributed by atoms with Gasteiger partial charge in [-0.3, -0.25) is 0 Å². The summed E-state index contributed by atoms with van der Waals surface area (Å²) in [5.41, 5.74) is 0. The third-order valence-electron chi connectivity index (χ3n) is 2.37. The number of hydrogen-bond acceptors (Lipinski definition) is 2. The summed E-state index contributed by atoms with van der Waals surface area (Å²) in [6, 6.07) is 0. The molecule has 1 N–H and O–H groups in total. The van der Waals surface area contributed by atoms with Gasteiger partial charge in [0.25, 0.3) is 0 Å². The average Bonchev–Trinajstić information content (AvgIpc) is 2.09. The lowest BCUT2D eigenvalue weighted by atomic mass is 10.1. The van der Waals surface area contributed by atoms with Crippen LogP contribution in [0.2, 0.25) is 0 Å². The monoisotopic (exact) mass is 232 g/mol. The lowest BCUT2D eigenvalue weighted by Gasteiger charge is -2.12. The summed E-state index contributed by atoms with van der Waals surface area (Å²) in [7, 11) is 0. The fraction of sp³-hybridized carbons (Fsp3) is 1.00. The highest BCUT2D eigenvalue weighted by Gasteiger charge is 2.06. The van der Waals surface area contributed by atoms with E-state index in [-0.39, 0.29) is 6.10 Å². The minimum Gasteiger partial charge on any atom is -0.392 e. The second-order valence-corrected chi connectivity index (χ2v) is 6.40. The van der Waals surface area contributed by atoms with Crippen LogP contribution in [0.5, 0.6) is 0 Å². The smallest absolute Gasteiger partial charge is 0.0633 e. The molecule has 0 radical (unpaired) electrons. The molecule has 1 nitrogen and oxygen atoms in total. The predicted molar refractivity (Wildman–Crippen MR) is 71.5 cm³/mol. The molecule has 0 aromatic rings. The molecule has 0 rings (SSSR count). The van der Waals surface area contributed by atoms with Crippen molar-refractivity contribution in [2.75, 3.05) is 11.5 Å². The highest BCUT2D eigenvalue weighted by molar-refractivity contribution is 7.99. The average molecular weight is 232 g/mol. The van der Waals surface area contributed by atoms with Crippen LogP contribution in [-0.2, 0) is 0 Å². The third-order valence-corrected chi connectivity index (χ3v) is 3.57. The van der Waals surface area contributed by atoms with Gasteiger partial charge in [0, 0.05) is 5.75 Å². The number of hydrogen-bond donors (Lipinski definition) is 1. The van der Waals surface area contributed by atoms with Gasteiger partial charge < -0.3 is 5.11 Å². The minimum absolute atomic E-state index is 0.0971. The van der Waals surface area contributed by atoms with Gasteiger partial charge in [-0.25, -0.2) is 0 Å². The summed E-state index contributed by atoms with van der Waals surface area (Å²) in [6.07, 6.45) is 4.83. The lowest BCUT2D eigenvalue weighted by molar-refractivity contribution is 0.172. The van der Waals surface area contributed by atoms with Crippen molar-refractivity contribution in [1.29, 1.82) is 0 Å². The molecule has 92 valence electrons. The van der Waals surface area contributed by atoms with Gasteiger partial charge in [-0.1, -0.05) is 40.5 Å². The molecule has 0 aromatic heterocycles. The molecular weight excluding hydrogens is 204 g/mol. The van der Waals surface area contributed by atoms with Crippen molar-refractivity contribution in [2.45, 2.75) is 59.5 Å². The standard InChI is InChI=1S/C13H28OS/c1-11(2)7-5-6-8-15-10-13(14)9-12(3)4/h11-14H,5-10H2,1-4H3. The molecule has 0 aromatic carbocycles. The molecule has 0 heterocycles. The Balaban J connectivity index is 3.16. The Hall–Kier alpha value is 0.310. The molecule has 2 heteroatoms. The van der Waals surface area contributed by atoms with E-state index < -0.39 is 0 Å². The van der Waals surface area contributed by atoms with Crippen molar-refractivity contribution in [3.8, 4) is 0 Å². The number of aliphatic hydroxyl groups is 1. The van der Waals surface area contributed by atoms with Crippen LogP contribution >= 0.6 is 11.8 Å². The molecule has 0 saturated heterocycles. The zero-order valence-corrected chi connectivity index (χ0v) is 11.6. The summed E-state index contributed by atoms with van der Waals surface area (Å²) in [5.74, 6) is 3.57. The molecule has 0 aliphatic heterocycles. The van der Waals surface area contributed by atoms with Crippen molar-refractivity contribution in [3.63, 3.8) is 0 Å². The number of aliphatic hydroxyl groups excluding tert-OH is 1. The van der Waals surface area contributed by atoms with E-state index in [0.29, 0.717) is 5.92 Å². The van der Waals surface area contributed by atoms with Crippen molar-refractivity contribution in [3.05, 3.63) is 0 Å². The maximum Gasteiger partial charge on any atom is 0.0633 e. The van der Waals surface area contributed by atoms with Crippen molar-refractivity contribution in [2.24, 2.45) is 11.8 Å². The van der Waals surface area contributed by atoms with Gasteiger partial charge in [0.15, 0.2) is 0 Å². The van der Waals surface area contributed by atoms with Crippen LogP contribution in [0, 0.1) is 11.8 Å². The highest BCUT2D eigenvalue weighted by Crippen LogP contribution is 2.14. The van der Waals surface area contributed by atoms with E-state index >= 15 is 0 Å². The van der Waals surface area contributed by atoms with Crippen LogP contribution in [0.15, 0.2) is 0 Å². The fourth-order valence-corrected chi connectivity index (χ4v) is 2.57. The molecule has 1 atom stereocenters. The van der Waals surface area contributed by atoms with Crippen LogP contribution in [0.3, 0.4) is 0 Å². The second-order valence-electron chi connectivity index (χ2n) is 5.25. The highest BCUT2D eigenvalue weighted by atomic mass is 32.2. The lowest BCUT2D eigenvalue weighted by Crippen LogP contribution is -2.13. The Kier molecular flexibility index (Phi) is 9.73. The van der Waals surface area contributed by atoms with Gasteiger partial charge in [0.05, 0.1) is 6.10 Å². The molecule has 0 fully saturated rings. The number of thioether (sulfide) groups is 1. The van der Waals surface area contributed by atoms with E-state index in [0.717, 1.165) is 18.1 Å². The van der Waals surface area contributed by atoms with E-state index in [1.54, 1.807) is 0 Å². The summed E-state index contributed by atoms with van der Waals surface area (Å²) < 4.78 is 0. The molecule has 0 amide bonds. The fourth-order valence-electron chi connectivity index (χ4n) is 1.59. The van der Waals surface area contributed by atoms with Crippen LogP contribution in [0.25, 0.3) is 0 Å². The van der Waals surface area contributed by atoms with Gasteiger partial charge in [0.1, 0.15) is 0 Å². The SMILES string of the molecule is CC(C)CCCCSCC(O)CC(C)C. The topological polar surface area (TPSA) is 20.2 Å². The summed E-state index contributed by atoms with van der Waals surface area (Å²) >= 11 is 1.91. The van der Waals surface area contributed by atoms with E-state index in [9.17, 15) is 5.11 Å². The molecule has 0 saturated carbocycles. The summed E-state index contributed by atoms with van der Waals surface area (Å²) in [4.78, 5) is 0. The quantitative estimate of drug-likeness (QED) is 0.607. The first-order chi connectivity index (χ1) is 7.02. The Labute approximate surface area is 100 Å². The maximum atomic E-state index is 9.64. The Morgan fingerprint density at radius 3 is 2.20 bits per heavy atom. The Bertz CT molecular complexity index is 134. The molecule has 0 spiro atoms. The van der Waals surface area contributed by atoms with Crippen LogP contribution in [0.4, 0.5) is 0 Å². The first-order valence-electron chi connectivity index (χ1n) is 6.28. The first kappa shape index (κ1) is 15.3. The molecule has 0 aliphatic carbocycles. The van der Waals surface area contributed by atoms with Crippen LogP contribution in [0.1, 0.15) is 53.4 Å². The predicted octanol–water partition coefficient (Wildman–Crippen LogP) is 3.95. The Morgan fingerprint density at radius 2 is 1.67 bits per heavy atom. The molecule has 0 bridgehead atoms. The van der Waals surface area contributed by atoms with Gasteiger partial charge in [-0.15, -0.1) is 0 Å². The first-order valence-corrected chi connectivity index (χ1v) is 7.43. The third kappa shape index (κ3) is 12.2. The largest absolute Gasteiger partial charge is 0.392 e. The second kappa shape index (κ2) is 9.53. The van der Waals surface area contributed by atoms with Gasteiger partial charge in [-0.05, 0) is 30.4 Å². The van der Waals surface area contributed by atoms with E-state index in [4.69, 9.17) is 0 Å². The Morgan fingerprint density at radius 1 is 1.00 bits per heavy atom. The number of rotatable bonds is 9. The molecule has 0 aliphatic rings. The van der Waals surface area contributed by atoms with Gasteiger partial charge in [-0.2, -0.15) is 11.8 Å². The van der Waals surface area contributed by atoms with Crippen molar-refractivity contribution >= 4 is 11.8 Å². The van der Waals surface area contributed by atoms with E-state index in [1.165, 1.54) is 25.0 Å². The molecule has 1 unspecified atom stereocenters. The summed E-state index contributed by atoms with van der Waals surface area (Å²) in [6.45, 7) is 8.88. The zero-order valence-electron chi connectivity index (χ0n) is 10.8.